The van der Waals surface area contributed by atoms with Gasteiger partial charge in [0.1, 0.15) is 0 Å². The molecule has 122 valence electrons. The summed E-state index contributed by atoms with van der Waals surface area (Å²) in [6, 6.07) is 9.07. The summed E-state index contributed by atoms with van der Waals surface area (Å²) < 4.78 is 0. The smallest absolute Gasteiger partial charge is 0.254 e. The van der Waals surface area contributed by atoms with E-state index in [1.54, 1.807) is 0 Å². The Morgan fingerprint density at radius 2 is 1.73 bits per heavy atom. The molecule has 0 aliphatic heterocycles. The molecule has 0 spiro atoms. The van der Waals surface area contributed by atoms with Crippen LogP contribution in [0.15, 0.2) is 24.3 Å². The van der Waals surface area contributed by atoms with Crippen molar-refractivity contribution in [2.24, 2.45) is 5.92 Å². The normalized spacial score (nSPS) is 14.5. The Labute approximate surface area is 135 Å². The van der Waals surface area contributed by atoms with Crippen LogP contribution in [-0.2, 0) is 0 Å². The van der Waals surface area contributed by atoms with E-state index in [4.69, 9.17) is 0 Å². The first-order valence-corrected chi connectivity index (χ1v) is 8.61. The van der Waals surface area contributed by atoms with Crippen LogP contribution in [-0.4, -0.2) is 36.0 Å². The molecule has 0 N–H and O–H groups in total. The van der Waals surface area contributed by atoms with Crippen LogP contribution in [0.1, 0.15) is 57.8 Å². The number of hydrogen-bond acceptors (Lipinski definition) is 2. The van der Waals surface area contributed by atoms with Gasteiger partial charge < -0.3 is 9.80 Å². The Bertz CT molecular complexity index is 489. The molecule has 0 heterocycles. The number of rotatable bonds is 7. The number of amides is 1. The van der Waals surface area contributed by atoms with Crippen molar-refractivity contribution in [3.8, 4) is 0 Å². The van der Waals surface area contributed by atoms with Gasteiger partial charge in [-0.05, 0) is 63.8 Å². The fourth-order valence-corrected chi connectivity index (χ4v) is 2.98. The Balaban J connectivity index is 2.13. The van der Waals surface area contributed by atoms with Crippen molar-refractivity contribution in [2.45, 2.75) is 59.5 Å². The lowest BCUT2D eigenvalue weighted by atomic mass is 10.1. The zero-order valence-corrected chi connectivity index (χ0v) is 14.7. The predicted octanol–water partition coefficient (Wildman–Crippen LogP) is 4.18. The molecule has 2 rings (SSSR count). The van der Waals surface area contributed by atoms with Gasteiger partial charge in [0.2, 0.25) is 0 Å². The summed E-state index contributed by atoms with van der Waals surface area (Å²) in [7, 11) is 0. The number of carbonyl (C=O) groups is 1. The highest BCUT2D eigenvalue weighted by atomic mass is 16.2. The highest BCUT2D eigenvalue weighted by molar-refractivity contribution is 5.95. The third kappa shape index (κ3) is 4.02. The van der Waals surface area contributed by atoms with E-state index in [2.05, 4.69) is 56.6 Å². The molecule has 1 aliphatic rings. The number of carbonyl (C=O) groups excluding carboxylic acids is 1. The molecule has 1 amide bonds. The van der Waals surface area contributed by atoms with Gasteiger partial charge in [-0.1, -0.05) is 13.8 Å². The molecule has 1 saturated carbocycles. The van der Waals surface area contributed by atoms with Gasteiger partial charge in [-0.2, -0.15) is 0 Å². The lowest BCUT2D eigenvalue weighted by Gasteiger charge is -2.28. The van der Waals surface area contributed by atoms with Gasteiger partial charge in [-0.3, -0.25) is 4.79 Å². The number of anilines is 1. The van der Waals surface area contributed by atoms with Gasteiger partial charge in [0.15, 0.2) is 0 Å². The molecule has 3 heteroatoms. The largest absolute Gasteiger partial charge is 0.369 e. The van der Waals surface area contributed by atoms with Crippen molar-refractivity contribution in [3.63, 3.8) is 0 Å². The second-order valence-electron chi connectivity index (χ2n) is 7.01. The first-order chi connectivity index (χ1) is 10.4. The minimum absolute atomic E-state index is 0.190. The molecule has 0 aromatic heterocycles. The number of nitrogens with zero attached hydrogens (tertiary/aromatic N) is 2. The van der Waals surface area contributed by atoms with Crippen LogP contribution < -0.4 is 4.90 Å². The maximum absolute atomic E-state index is 12.8. The van der Waals surface area contributed by atoms with E-state index in [1.165, 1.54) is 5.69 Å². The van der Waals surface area contributed by atoms with Crippen LogP contribution >= 0.6 is 0 Å². The molecule has 0 saturated heterocycles. The van der Waals surface area contributed by atoms with E-state index in [0.717, 1.165) is 31.5 Å². The topological polar surface area (TPSA) is 23.6 Å². The van der Waals surface area contributed by atoms with E-state index in [0.29, 0.717) is 18.0 Å². The van der Waals surface area contributed by atoms with E-state index in [1.807, 2.05) is 12.1 Å². The van der Waals surface area contributed by atoms with Crippen molar-refractivity contribution in [2.75, 3.05) is 18.0 Å². The molecular weight excluding hydrogens is 272 g/mol. The molecule has 0 atom stereocenters. The van der Waals surface area contributed by atoms with Crippen LogP contribution in [0.4, 0.5) is 5.69 Å². The first-order valence-electron chi connectivity index (χ1n) is 8.61. The van der Waals surface area contributed by atoms with E-state index in [-0.39, 0.29) is 5.91 Å². The van der Waals surface area contributed by atoms with Gasteiger partial charge in [0.05, 0.1) is 0 Å². The van der Waals surface area contributed by atoms with Crippen molar-refractivity contribution in [1.29, 1.82) is 0 Å². The Kier molecular flexibility index (Phi) is 5.49. The predicted molar refractivity (Wildman–Crippen MR) is 93.5 cm³/mol. The molecule has 1 aromatic carbocycles. The lowest BCUT2D eigenvalue weighted by molar-refractivity contribution is 0.0722. The molecule has 1 fully saturated rings. The van der Waals surface area contributed by atoms with E-state index >= 15 is 0 Å². The SMILES string of the molecule is CCN(c1ccc(C(=O)N(CC(C)C)C2CC2)cc1)C(C)C. The summed E-state index contributed by atoms with van der Waals surface area (Å²) in [6.45, 7) is 12.7. The summed E-state index contributed by atoms with van der Waals surface area (Å²) in [5, 5.41) is 0. The molecule has 0 bridgehead atoms. The molecular formula is C19H30N2O. The second kappa shape index (κ2) is 7.17. The monoisotopic (exact) mass is 302 g/mol. The van der Waals surface area contributed by atoms with Crippen LogP contribution in [0.2, 0.25) is 0 Å². The average molecular weight is 302 g/mol. The summed E-state index contributed by atoms with van der Waals surface area (Å²) in [4.78, 5) is 17.2. The maximum atomic E-state index is 12.8. The second-order valence-corrected chi connectivity index (χ2v) is 7.01. The van der Waals surface area contributed by atoms with Crippen molar-refractivity contribution in [1.82, 2.24) is 4.90 Å². The minimum atomic E-state index is 0.190. The molecule has 3 nitrogen and oxygen atoms in total. The van der Waals surface area contributed by atoms with Gasteiger partial charge in [0.25, 0.3) is 5.91 Å². The fraction of sp³-hybridized carbons (Fsp3) is 0.632. The lowest BCUT2D eigenvalue weighted by Crippen LogP contribution is -2.36. The highest BCUT2D eigenvalue weighted by Gasteiger charge is 2.33. The fourth-order valence-electron chi connectivity index (χ4n) is 2.98. The van der Waals surface area contributed by atoms with Crippen molar-refractivity contribution >= 4 is 11.6 Å². The summed E-state index contributed by atoms with van der Waals surface area (Å²) in [5.41, 5.74) is 2.01. The number of benzene rings is 1. The summed E-state index contributed by atoms with van der Waals surface area (Å²) in [6.07, 6.45) is 2.32. The summed E-state index contributed by atoms with van der Waals surface area (Å²) in [5.74, 6) is 0.704. The van der Waals surface area contributed by atoms with E-state index in [9.17, 15) is 4.79 Å². The van der Waals surface area contributed by atoms with Crippen LogP contribution in [0.25, 0.3) is 0 Å². The standard InChI is InChI=1S/C19H30N2O/c1-6-20(15(4)5)17-9-7-16(8-10-17)19(22)21(13-14(2)3)18-11-12-18/h7-10,14-15,18H,6,11-13H2,1-5H3. The van der Waals surface area contributed by atoms with E-state index < -0.39 is 0 Å². The Hall–Kier alpha value is -1.51. The Morgan fingerprint density at radius 3 is 2.14 bits per heavy atom. The molecule has 0 unspecified atom stereocenters. The van der Waals surface area contributed by atoms with Crippen molar-refractivity contribution in [3.05, 3.63) is 29.8 Å². The van der Waals surface area contributed by atoms with Gasteiger partial charge >= 0.3 is 0 Å². The summed E-state index contributed by atoms with van der Waals surface area (Å²) >= 11 is 0. The average Bonchev–Trinajstić information content (AvgIpc) is 3.29. The molecule has 0 radical (unpaired) electrons. The third-order valence-electron chi connectivity index (χ3n) is 4.22. The van der Waals surface area contributed by atoms with Crippen LogP contribution in [0.3, 0.4) is 0 Å². The van der Waals surface area contributed by atoms with Crippen LogP contribution in [0.5, 0.6) is 0 Å². The minimum Gasteiger partial charge on any atom is -0.369 e. The third-order valence-corrected chi connectivity index (χ3v) is 4.22. The van der Waals surface area contributed by atoms with Gasteiger partial charge in [0, 0.05) is 36.4 Å². The molecule has 1 aliphatic carbocycles. The Morgan fingerprint density at radius 1 is 1.14 bits per heavy atom. The zero-order chi connectivity index (χ0) is 16.3. The molecule has 22 heavy (non-hydrogen) atoms. The van der Waals surface area contributed by atoms with Gasteiger partial charge in [-0.25, -0.2) is 0 Å². The molecule has 1 aromatic rings. The van der Waals surface area contributed by atoms with Crippen LogP contribution in [0, 0.1) is 5.92 Å². The number of hydrogen-bond donors (Lipinski definition) is 0. The highest BCUT2D eigenvalue weighted by Crippen LogP contribution is 2.29. The maximum Gasteiger partial charge on any atom is 0.254 e. The van der Waals surface area contributed by atoms with Gasteiger partial charge in [-0.15, -0.1) is 0 Å². The van der Waals surface area contributed by atoms with Crippen molar-refractivity contribution < 1.29 is 4.79 Å². The first kappa shape index (κ1) is 16.9. The quantitative estimate of drug-likeness (QED) is 0.754. The zero-order valence-electron chi connectivity index (χ0n) is 14.7.